The van der Waals surface area contributed by atoms with Crippen LogP contribution >= 0.6 is 11.8 Å². The highest BCUT2D eigenvalue weighted by Gasteiger charge is 2.34. The fraction of sp³-hybridized carbons (Fsp3) is 0.300. The average molecular weight is 410 g/mol. The summed E-state index contributed by atoms with van der Waals surface area (Å²) in [6, 6.07) is 11.8. The highest BCUT2D eigenvalue weighted by atomic mass is 32.2. The molecule has 150 valence electrons. The molecular formula is C20H21F3N2O2S. The van der Waals surface area contributed by atoms with Gasteiger partial charge in [0, 0.05) is 17.5 Å². The fourth-order valence-electron chi connectivity index (χ4n) is 2.50. The van der Waals surface area contributed by atoms with Crippen molar-refractivity contribution in [1.29, 1.82) is 0 Å². The van der Waals surface area contributed by atoms with Crippen molar-refractivity contribution in [2.75, 3.05) is 10.6 Å². The number of hydrogen-bond acceptors (Lipinski definition) is 3. The van der Waals surface area contributed by atoms with E-state index in [1.807, 2.05) is 13.8 Å². The molecule has 2 aromatic rings. The highest BCUT2D eigenvalue weighted by Crippen LogP contribution is 2.36. The number of rotatable bonds is 6. The molecule has 0 aromatic heterocycles. The minimum Gasteiger partial charge on any atom is -0.326 e. The van der Waals surface area contributed by atoms with E-state index in [1.165, 1.54) is 36.9 Å². The lowest BCUT2D eigenvalue weighted by molar-refractivity contribution is -0.137. The summed E-state index contributed by atoms with van der Waals surface area (Å²) < 4.78 is 39.4. The molecule has 0 saturated carbocycles. The molecule has 0 aliphatic carbocycles. The van der Waals surface area contributed by atoms with E-state index in [0.29, 0.717) is 5.69 Å². The topological polar surface area (TPSA) is 58.2 Å². The summed E-state index contributed by atoms with van der Waals surface area (Å²) in [5, 5.41) is 4.48. The molecule has 1 unspecified atom stereocenters. The normalized spacial score (nSPS) is 12.5. The van der Waals surface area contributed by atoms with Gasteiger partial charge in [-0.25, -0.2) is 0 Å². The first-order valence-electron chi connectivity index (χ1n) is 8.59. The summed E-state index contributed by atoms with van der Waals surface area (Å²) in [6.07, 6.45) is -4.55. The highest BCUT2D eigenvalue weighted by molar-refractivity contribution is 8.00. The Labute approximate surface area is 165 Å². The third-order valence-corrected chi connectivity index (χ3v) is 5.35. The second-order valence-corrected chi connectivity index (χ2v) is 7.74. The van der Waals surface area contributed by atoms with Crippen LogP contribution in [0, 0.1) is 5.92 Å². The zero-order chi connectivity index (χ0) is 20.9. The summed E-state index contributed by atoms with van der Waals surface area (Å²) in [6.45, 7) is 5.07. The molecule has 2 rings (SSSR count). The smallest absolute Gasteiger partial charge is 0.326 e. The molecule has 0 radical (unpaired) electrons. The molecule has 4 nitrogen and oxygen atoms in total. The molecule has 0 heterocycles. The van der Waals surface area contributed by atoms with E-state index in [0.717, 1.165) is 11.0 Å². The van der Waals surface area contributed by atoms with Crippen LogP contribution in [0.3, 0.4) is 0 Å². The predicted molar refractivity (Wildman–Crippen MR) is 105 cm³/mol. The SMILES string of the molecule is CC(=O)Nc1ccc(SC(C(=O)Nc2ccccc2C(F)(F)F)C(C)C)cc1. The first kappa shape index (κ1) is 21.8. The van der Waals surface area contributed by atoms with Gasteiger partial charge in [-0.05, 0) is 42.3 Å². The minimum absolute atomic E-state index is 0.113. The number of amides is 2. The summed E-state index contributed by atoms with van der Waals surface area (Å²) in [4.78, 5) is 24.5. The van der Waals surface area contributed by atoms with Gasteiger partial charge in [0.05, 0.1) is 16.5 Å². The number of benzene rings is 2. The van der Waals surface area contributed by atoms with Gasteiger partial charge < -0.3 is 10.6 Å². The van der Waals surface area contributed by atoms with Crippen molar-refractivity contribution in [3.8, 4) is 0 Å². The molecule has 8 heteroatoms. The molecule has 28 heavy (non-hydrogen) atoms. The van der Waals surface area contributed by atoms with Crippen LogP contribution in [0.4, 0.5) is 24.5 Å². The Morgan fingerprint density at radius 3 is 2.11 bits per heavy atom. The van der Waals surface area contributed by atoms with Crippen LogP contribution in [-0.4, -0.2) is 17.1 Å². The lowest BCUT2D eigenvalue weighted by Gasteiger charge is -2.21. The minimum atomic E-state index is -4.55. The summed E-state index contributed by atoms with van der Waals surface area (Å²) >= 11 is 1.26. The van der Waals surface area contributed by atoms with E-state index >= 15 is 0 Å². The van der Waals surface area contributed by atoms with E-state index < -0.39 is 22.9 Å². The van der Waals surface area contributed by atoms with Crippen LogP contribution in [0.15, 0.2) is 53.4 Å². The van der Waals surface area contributed by atoms with E-state index in [-0.39, 0.29) is 17.5 Å². The number of hydrogen-bond donors (Lipinski definition) is 2. The zero-order valence-corrected chi connectivity index (χ0v) is 16.4. The maximum absolute atomic E-state index is 13.1. The number of alkyl halides is 3. The molecule has 2 aromatic carbocycles. The van der Waals surface area contributed by atoms with Gasteiger partial charge in [0.1, 0.15) is 0 Å². The van der Waals surface area contributed by atoms with E-state index in [4.69, 9.17) is 0 Å². The lowest BCUT2D eigenvalue weighted by atomic mass is 10.1. The van der Waals surface area contributed by atoms with E-state index in [1.54, 1.807) is 24.3 Å². The maximum Gasteiger partial charge on any atom is 0.418 e. The number of halogens is 3. The Bertz CT molecular complexity index is 836. The van der Waals surface area contributed by atoms with Crippen molar-refractivity contribution in [3.63, 3.8) is 0 Å². The van der Waals surface area contributed by atoms with Crippen molar-refractivity contribution >= 4 is 35.0 Å². The van der Waals surface area contributed by atoms with Gasteiger partial charge in [0.25, 0.3) is 0 Å². The molecule has 0 bridgehead atoms. The van der Waals surface area contributed by atoms with Crippen molar-refractivity contribution in [3.05, 3.63) is 54.1 Å². The Morgan fingerprint density at radius 2 is 1.57 bits per heavy atom. The first-order chi connectivity index (χ1) is 13.1. The summed E-state index contributed by atoms with van der Waals surface area (Å²) in [7, 11) is 0. The first-order valence-corrected chi connectivity index (χ1v) is 9.47. The number of para-hydroxylation sites is 1. The molecule has 0 spiro atoms. The number of carbonyl (C=O) groups is 2. The van der Waals surface area contributed by atoms with Crippen LogP contribution in [0.5, 0.6) is 0 Å². The molecule has 0 saturated heterocycles. The van der Waals surface area contributed by atoms with Crippen molar-refractivity contribution in [2.24, 2.45) is 5.92 Å². The number of nitrogens with one attached hydrogen (secondary N) is 2. The average Bonchev–Trinajstić information content (AvgIpc) is 2.59. The molecular weight excluding hydrogens is 389 g/mol. The third kappa shape index (κ3) is 6.02. The standard InChI is InChI=1S/C20H21F3N2O2S/c1-12(2)18(28-15-10-8-14(9-11-15)24-13(3)26)19(27)25-17-7-5-4-6-16(17)20(21,22)23/h4-12,18H,1-3H3,(H,24,26)(H,25,27). The second kappa shape index (κ2) is 9.14. The number of thioether (sulfide) groups is 1. The molecule has 0 aliphatic rings. The number of anilines is 2. The Morgan fingerprint density at radius 1 is 0.964 bits per heavy atom. The van der Waals surface area contributed by atoms with Crippen molar-refractivity contribution in [2.45, 2.75) is 37.1 Å². The van der Waals surface area contributed by atoms with Gasteiger partial charge >= 0.3 is 6.18 Å². The largest absolute Gasteiger partial charge is 0.418 e. The van der Waals surface area contributed by atoms with Gasteiger partial charge in [-0.3, -0.25) is 9.59 Å². The van der Waals surface area contributed by atoms with Crippen LogP contribution in [0.2, 0.25) is 0 Å². The Balaban J connectivity index is 2.16. The van der Waals surface area contributed by atoms with Gasteiger partial charge in [-0.1, -0.05) is 26.0 Å². The van der Waals surface area contributed by atoms with Crippen molar-refractivity contribution in [1.82, 2.24) is 0 Å². The van der Waals surface area contributed by atoms with E-state index in [9.17, 15) is 22.8 Å². The monoisotopic (exact) mass is 410 g/mol. The predicted octanol–water partition coefficient (Wildman–Crippen LogP) is 5.42. The maximum atomic E-state index is 13.1. The molecule has 0 fully saturated rings. The zero-order valence-electron chi connectivity index (χ0n) is 15.6. The van der Waals surface area contributed by atoms with Gasteiger partial charge in [-0.15, -0.1) is 11.8 Å². The molecule has 0 aliphatic heterocycles. The Hall–Kier alpha value is -2.48. The van der Waals surface area contributed by atoms with Crippen LogP contribution in [-0.2, 0) is 15.8 Å². The van der Waals surface area contributed by atoms with Gasteiger partial charge in [-0.2, -0.15) is 13.2 Å². The van der Waals surface area contributed by atoms with Crippen molar-refractivity contribution < 1.29 is 22.8 Å². The third-order valence-electron chi connectivity index (χ3n) is 3.79. The quantitative estimate of drug-likeness (QED) is 0.625. The van der Waals surface area contributed by atoms with Crippen LogP contribution in [0.25, 0.3) is 0 Å². The van der Waals surface area contributed by atoms with Gasteiger partial charge in [0.2, 0.25) is 11.8 Å². The number of carbonyl (C=O) groups excluding carboxylic acids is 2. The van der Waals surface area contributed by atoms with Gasteiger partial charge in [0.15, 0.2) is 0 Å². The fourth-order valence-corrected chi connectivity index (χ4v) is 3.53. The summed E-state index contributed by atoms with van der Waals surface area (Å²) in [5.41, 5.74) is -0.510. The second-order valence-electron chi connectivity index (χ2n) is 6.52. The van der Waals surface area contributed by atoms with Crippen LogP contribution in [0.1, 0.15) is 26.3 Å². The van der Waals surface area contributed by atoms with E-state index in [2.05, 4.69) is 10.6 Å². The van der Waals surface area contributed by atoms with Crippen LogP contribution < -0.4 is 10.6 Å². The molecule has 1 atom stereocenters. The lowest BCUT2D eigenvalue weighted by Crippen LogP contribution is -2.30. The molecule has 2 amide bonds. The summed E-state index contributed by atoms with van der Waals surface area (Å²) in [5.74, 6) is -0.802. The molecule has 2 N–H and O–H groups in total. The Kier molecular flexibility index (Phi) is 7.12.